The van der Waals surface area contributed by atoms with E-state index < -0.39 is 11.9 Å². The number of hydrogen-bond donors (Lipinski definition) is 3. The van der Waals surface area contributed by atoms with Crippen LogP contribution in [0.5, 0.6) is 0 Å². The third-order valence-electron chi connectivity index (χ3n) is 2.22. The first-order chi connectivity index (χ1) is 8.10. The maximum Gasteiger partial charge on any atom is 0.325 e. The van der Waals surface area contributed by atoms with E-state index in [9.17, 15) is 9.59 Å². The van der Waals surface area contributed by atoms with Gasteiger partial charge >= 0.3 is 5.97 Å². The zero-order chi connectivity index (χ0) is 12.8. The van der Waals surface area contributed by atoms with Gasteiger partial charge in [-0.2, -0.15) is 5.10 Å². The number of ether oxygens (including phenoxy) is 1. The van der Waals surface area contributed by atoms with E-state index >= 15 is 0 Å². The summed E-state index contributed by atoms with van der Waals surface area (Å²) in [6.07, 6.45) is 1.62. The number of aromatic nitrogens is 2. The Balaban J connectivity index is 2.66. The molecule has 0 aliphatic carbocycles. The van der Waals surface area contributed by atoms with Gasteiger partial charge in [0, 0.05) is 0 Å². The smallest absolute Gasteiger partial charge is 0.325 e. The molecule has 0 saturated carbocycles. The van der Waals surface area contributed by atoms with E-state index in [4.69, 9.17) is 5.73 Å². The Bertz CT molecular complexity index is 414. The van der Waals surface area contributed by atoms with Gasteiger partial charge in [-0.05, 0) is 6.42 Å². The average Bonchev–Trinajstić information content (AvgIpc) is 2.68. The fourth-order valence-corrected chi connectivity index (χ4v) is 1.31. The minimum absolute atomic E-state index is 0.109. The van der Waals surface area contributed by atoms with E-state index in [1.165, 1.54) is 7.11 Å². The monoisotopic (exact) mass is 240 g/mol. The molecule has 7 nitrogen and oxygen atoms in total. The van der Waals surface area contributed by atoms with Crippen LogP contribution < -0.4 is 11.1 Å². The number of hydrogen-bond acceptors (Lipinski definition) is 5. The van der Waals surface area contributed by atoms with Crippen molar-refractivity contribution in [1.82, 2.24) is 15.5 Å². The Morgan fingerprint density at radius 1 is 1.53 bits per heavy atom. The van der Waals surface area contributed by atoms with Crippen molar-refractivity contribution in [2.75, 3.05) is 19.4 Å². The third kappa shape index (κ3) is 3.20. The summed E-state index contributed by atoms with van der Waals surface area (Å²) in [7, 11) is 1.25. The molecule has 0 radical (unpaired) electrons. The van der Waals surface area contributed by atoms with Crippen LogP contribution in [-0.2, 0) is 16.0 Å². The molecule has 1 amide bonds. The van der Waals surface area contributed by atoms with Crippen molar-refractivity contribution in [3.05, 3.63) is 11.4 Å². The standard InChI is InChI=1S/C10H16N4O3/c1-3-4-6-8(11)9(14-13-6)10(16)12-5-7(15)17-2/h3-5,11H2,1-2H3,(H,12,16)(H,13,14). The van der Waals surface area contributed by atoms with Crippen LogP contribution in [0.1, 0.15) is 29.5 Å². The molecular formula is C10H16N4O3. The highest BCUT2D eigenvalue weighted by molar-refractivity contribution is 5.98. The molecule has 0 aliphatic heterocycles. The van der Waals surface area contributed by atoms with Gasteiger partial charge in [0.05, 0.1) is 18.5 Å². The van der Waals surface area contributed by atoms with Crippen molar-refractivity contribution in [2.24, 2.45) is 0 Å². The highest BCUT2D eigenvalue weighted by atomic mass is 16.5. The maximum absolute atomic E-state index is 11.6. The molecule has 1 aromatic heterocycles. The highest BCUT2D eigenvalue weighted by Crippen LogP contribution is 2.15. The molecule has 0 aromatic carbocycles. The first kappa shape index (κ1) is 13.0. The maximum atomic E-state index is 11.6. The Morgan fingerprint density at radius 3 is 2.82 bits per heavy atom. The van der Waals surface area contributed by atoms with Gasteiger partial charge in [0.2, 0.25) is 0 Å². The number of H-pyrrole nitrogens is 1. The quantitative estimate of drug-likeness (QED) is 0.620. The molecule has 17 heavy (non-hydrogen) atoms. The number of anilines is 1. The number of nitrogens with one attached hydrogen (secondary N) is 2. The number of rotatable bonds is 5. The fraction of sp³-hybridized carbons (Fsp3) is 0.500. The number of nitrogen functional groups attached to an aromatic ring is 1. The zero-order valence-corrected chi connectivity index (χ0v) is 9.87. The number of esters is 1. The minimum atomic E-state index is -0.527. The zero-order valence-electron chi connectivity index (χ0n) is 9.87. The lowest BCUT2D eigenvalue weighted by Crippen LogP contribution is -2.30. The third-order valence-corrected chi connectivity index (χ3v) is 2.22. The van der Waals surface area contributed by atoms with Crippen LogP contribution in [0, 0.1) is 0 Å². The van der Waals surface area contributed by atoms with Gasteiger partial charge in [0.15, 0.2) is 5.69 Å². The summed E-state index contributed by atoms with van der Waals surface area (Å²) < 4.78 is 4.40. The van der Waals surface area contributed by atoms with Crippen molar-refractivity contribution in [3.8, 4) is 0 Å². The van der Waals surface area contributed by atoms with Crippen LogP contribution in [0.25, 0.3) is 0 Å². The molecule has 94 valence electrons. The van der Waals surface area contributed by atoms with Gasteiger partial charge in [0.1, 0.15) is 6.54 Å². The number of aryl methyl sites for hydroxylation is 1. The molecule has 7 heteroatoms. The summed E-state index contributed by atoms with van der Waals surface area (Å²) in [5, 5.41) is 8.90. The predicted molar refractivity (Wildman–Crippen MR) is 61.3 cm³/mol. The van der Waals surface area contributed by atoms with Crippen molar-refractivity contribution in [1.29, 1.82) is 0 Å². The topological polar surface area (TPSA) is 110 Å². The first-order valence-corrected chi connectivity index (χ1v) is 5.27. The van der Waals surface area contributed by atoms with Crippen molar-refractivity contribution >= 4 is 17.6 Å². The fourth-order valence-electron chi connectivity index (χ4n) is 1.31. The number of nitrogens with zero attached hydrogens (tertiary/aromatic N) is 1. The number of carbonyl (C=O) groups is 2. The molecule has 0 saturated heterocycles. The van der Waals surface area contributed by atoms with Gasteiger partial charge in [0.25, 0.3) is 5.91 Å². The molecule has 0 fully saturated rings. The van der Waals surface area contributed by atoms with Crippen LogP contribution in [0.15, 0.2) is 0 Å². The number of carbonyl (C=O) groups excluding carboxylic acids is 2. The molecule has 1 aromatic rings. The number of methoxy groups -OCH3 is 1. The van der Waals surface area contributed by atoms with Crippen LogP contribution >= 0.6 is 0 Å². The molecule has 0 atom stereocenters. The van der Waals surface area contributed by atoms with E-state index in [1.54, 1.807) is 0 Å². The molecule has 0 aliphatic rings. The van der Waals surface area contributed by atoms with Gasteiger partial charge in [-0.15, -0.1) is 0 Å². The van der Waals surface area contributed by atoms with E-state index in [0.29, 0.717) is 5.69 Å². The Labute approximate surface area is 98.7 Å². The summed E-state index contributed by atoms with van der Waals surface area (Å²) in [4.78, 5) is 22.5. The second-order valence-electron chi connectivity index (χ2n) is 3.47. The van der Waals surface area contributed by atoms with Crippen LogP contribution in [0.2, 0.25) is 0 Å². The van der Waals surface area contributed by atoms with E-state index in [2.05, 4.69) is 20.3 Å². The molecule has 1 rings (SSSR count). The highest BCUT2D eigenvalue weighted by Gasteiger charge is 2.17. The van der Waals surface area contributed by atoms with Crippen molar-refractivity contribution in [3.63, 3.8) is 0 Å². The Kier molecular flexibility index (Phi) is 4.50. The van der Waals surface area contributed by atoms with Gasteiger partial charge < -0.3 is 15.8 Å². The predicted octanol–water partition coefficient (Wildman–Crippen LogP) is -0.153. The average molecular weight is 240 g/mol. The lowest BCUT2D eigenvalue weighted by atomic mass is 10.2. The van der Waals surface area contributed by atoms with Crippen LogP contribution in [0.3, 0.4) is 0 Å². The molecule has 0 bridgehead atoms. The molecule has 0 spiro atoms. The van der Waals surface area contributed by atoms with E-state index in [0.717, 1.165) is 18.5 Å². The molecule has 1 heterocycles. The SMILES string of the molecule is CCCc1[nH]nc(C(=O)NCC(=O)OC)c1N. The lowest BCUT2D eigenvalue weighted by molar-refractivity contribution is -0.139. The molecule has 4 N–H and O–H groups in total. The second kappa shape index (κ2) is 5.88. The van der Waals surface area contributed by atoms with E-state index in [1.807, 2.05) is 6.92 Å². The Hall–Kier alpha value is -2.05. The minimum Gasteiger partial charge on any atom is -0.468 e. The van der Waals surface area contributed by atoms with Gasteiger partial charge in [-0.25, -0.2) is 0 Å². The number of nitrogens with two attached hydrogens (primary N) is 1. The van der Waals surface area contributed by atoms with Gasteiger partial charge in [-0.3, -0.25) is 14.7 Å². The second-order valence-corrected chi connectivity index (χ2v) is 3.47. The van der Waals surface area contributed by atoms with Gasteiger partial charge in [-0.1, -0.05) is 13.3 Å². The van der Waals surface area contributed by atoms with E-state index in [-0.39, 0.29) is 12.2 Å². The summed E-state index contributed by atoms with van der Waals surface area (Å²) >= 11 is 0. The lowest BCUT2D eigenvalue weighted by Gasteiger charge is -2.02. The summed E-state index contributed by atoms with van der Waals surface area (Å²) in [6.45, 7) is 1.79. The first-order valence-electron chi connectivity index (χ1n) is 5.27. The summed E-state index contributed by atoms with van der Waals surface area (Å²) in [5.41, 5.74) is 6.93. The van der Waals surface area contributed by atoms with Crippen LogP contribution in [-0.4, -0.2) is 35.7 Å². The van der Waals surface area contributed by atoms with Crippen LogP contribution in [0.4, 0.5) is 5.69 Å². The summed E-state index contributed by atoms with van der Waals surface area (Å²) in [6, 6.07) is 0. The van der Waals surface area contributed by atoms with Crippen molar-refractivity contribution < 1.29 is 14.3 Å². The molecular weight excluding hydrogens is 224 g/mol. The number of amides is 1. The largest absolute Gasteiger partial charge is 0.468 e. The Morgan fingerprint density at radius 2 is 2.24 bits per heavy atom. The summed E-state index contributed by atoms with van der Waals surface area (Å²) in [5.74, 6) is -1.02. The van der Waals surface area contributed by atoms with Crippen molar-refractivity contribution in [2.45, 2.75) is 19.8 Å². The molecule has 0 unspecified atom stereocenters. The number of aromatic amines is 1. The normalized spacial score (nSPS) is 10.0.